The van der Waals surface area contributed by atoms with Gasteiger partial charge in [-0.2, -0.15) is 0 Å². The zero-order valence-electron chi connectivity index (χ0n) is 12.5. The molecule has 0 aliphatic carbocycles. The lowest BCUT2D eigenvalue weighted by molar-refractivity contribution is 0.0498. The smallest absolute Gasteiger partial charge is 0.360 e. The SMILES string of the molecule is CCCOC(=O)c1cn(CCCCCCCOC)nn1. The van der Waals surface area contributed by atoms with Crippen molar-refractivity contribution in [3.63, 3.8) is 0 Å². The van der Waals surface area contributed by atoms with Crippen LogP contribution in [-0.2, 0) is 16.0 Å². The Labute approximate surface area is 120 Å². The van der Waals surface area contributed by atoms with Crippen molar-refractivity contribution in [1.29, 1.82) is 0 Å². The molecule has 114 valence electrons. The van der Waals surface area contributed by atoms with Gasteiger partial charge in [-0.15, -0.1) is 5.10 Å². The zero-order valence-corrected chi connectivity index (χ0v) is 12.5. The van der Waals surface area contributed by atoms with Crippen LogP contribution in [-0.4, -0.2) is 41.3 Å². The molecule has 0 saturated carbocycles. The van der Waals surface area contributed by atoms with Crippen molar-refractivity contribution in [3.05, 3.63) is 11.9 Å². The first kappa shape index (κ1) is 16.6. The maximum Gasteiger partial charge on any atom is 0.360 e. The van der Waals surface area contributed by atoms with Crippen LogP contribution in [0.2, 0.25) is 0 Å². The highest BCUT2D eigenvalue weighted by molar-refractivity contribution is 5.86. The van der Waals surface area contributed by atoms with Crippen molar-refractivity contribution in [2.45, 2.75) is 52.0 Å². The highest BCUT2D eigenvalue weighted by Crippen LogP contribution is 2.05. The lowest BCUT2D eigenvalue weighted by Gasteiger charge is -2.01. The summed E-state index contributed by atoms with van der Waals surface area (Å²) in [6, 6.07) is 0. The van der Waals surface area contributed by atoms with Crippen molar-refractivity contribution in [1.82, 2.24) is 15.0 Å². The molecule has 6 nitrogen and oxygen atoms in total. The number of hydrogen-bond acceptors (Lipinski definition) is 5. The van der Waals surface area contributed by atoms with Crippen molar-refractivity contribution >= 4 is 5.97 Å². The highest BCUT2D eigenvalue weighted by atomic mass is 16.5. The number of esters is 1. The number of methoxy groups -OCH3 is 1. The molecule has 0 spiro atoms. The van der Waals surface area contributed by atoms with Gasteiger partial charge in [-0.25, -0.2) is 4.79 Å². The maximum absolute atomic E-state index is 11.5. The molecule has 6 heteroatoms. The summed E-state index contributed by atoms with van der Waals surface area (Å²) in [5.74, 6) is -0.391. The van der Waals surface area contributed by atoms with Crippen LogP contribution in [0.15, 0.2) is 6.20 Å². The van der Waals surface area contributed by atoms with Gasteiger partial charge in [0, 0.05) is 20.3 Å². The molecule has 0 radical (unpaired) electrons. The molecule has 1 rings (SSSR count). The summed E-state index contributed by atoms with van der Waals surface area (Å²) >= 11 is 0. The summed E-state index contributed by atoms with van der Waals surface area (Å²) in [6.45, 7) is 4.01. The molecule has 0 fully saturated rings. The Morgan fingerprint density at radius 1 is 1.20 bits per heavy atom. The Balaban J connectivity index is 2.15. The number of rotatable bonds is 11. The summed E-state index contributed by atoms with van der Waals surface area (Å²) in [5.41, 5.74) is 0.290. The van der Waals surface area contributed by atoms with Gasteiger partial charge in [-0.05, 0) is 19.3 Å². The van der Waals surface area contributed by atoms with Gasteiger partial charge < -0.3 is 9.47 Å². The molecule has 0 bridgehead atoms. The lowest BCUT2D eigenvalue weighted by Crippen LogP contribution is -2.06. The van der Waals surface area contributed by atoms with Gasteiger partial charge in [0.25, 0.3) is 0 Å². The number of hydrogen-bond donors (Lipinski definition) is 0. The monoisotopic (exact) mass is 283 g/mol. The number of aryl methyl sites for hydroxylation is 1. The van der Waals surface area contributed by atoms with E-state index in [0.29, 0.717) is 12.3 Å². The Hall–Kier alpha value is -1.43. The Kier molecular flexibility index (Phi) is 8.62. The molecule has 0 atom stereocenters. The molecule has 1 aromatic rings. The van der Waals surface area contributed by atoms with E-state index in [9.17, 15) is 4.79 Å². The average Bonchev–Trinajstić information content (AvgIpc) is 2.92. The molecule has 1 aromatic heterocycles. The van der Waals surface area contributed by atoms with E-state index in [1.165, 1.54) is 12.8 Å². The van der Waals surface area contributed by atoms with Gasteiger partial charge >= 0.3 is 5.97 Å². The van der Waals surface area contributed by atoms with Crippen LogP contribution in [0.4, 0.5) is 0 Å². The molecular weight excluding hydrogens is 258 g/mol. The fraction of sp³-hybridized carbons (Fsp3) is 0.786. The van der Waals surface area contributed by atoms with Crippen LogP contribution in [0.1, 0.15) is 55.9 Å². The fourth-order valence-corrected chi connectivity index (χ4v) is 1.82. The molecule has 0 amide bonds. The van der Waals surface area contributed by atoms with E-state index in [-0.39, 0.29) is 0 Å². The van der Waals surface area contributed by atoms with E-state index in [4.69, 9.17) is 9.47 Å². The Morgan fingerprint density at radius 2 is 1.95 bits per heavy atom. The largest absolute Gasteiger partial charge is 0.461 e. The molecule has 0 aliphatic rings. The second-order valence-corrected chi connectivity index (χ2v) is 4.76. The summed E-state index contributed by atoms with van der Waals surface area (Å²) in [6.07, 6.45) is 8.17. The van der Waals surface area contributed by atoms with Gasteiger partial charge in [-0.1, -0.05) is 31.4 Å². The molecule has 20 heavy (non-hydrogen) atoms. The number of unbranched alkanes of at least 4 members (excludes halogenated alkanes) is 4. The molecule has 1 heterocycles. The van der Waals surface area contributed by atoms with Crippen molar-refractivity contribution in [3.8, 4) is 0 Å². The van der Waals surface area contributed by atoms with Crippen LogP contribution < -0.4 is 0 Å². The predicted octanol–water partition coefficient (Wildman–Crippen LogP) is 2.44. The first-order valence-corrected chi connectivity index (χ1v) is 7.34. The number of ether oxygens (including phenoxy) is 2. The molecule has 0 N–H and O–H groups in total. The van der Waals surface area contributed by atoms with Crippen LogP contribution in [0, 0.1) is 0 Å². The number of aromatic nitrogens is 3. The van der Waals surface area contributed by atoms with Gasteiger partial charge in [0.05, 0.1) is 12.8 Å². The normalized spacial score (nSPS) is 10.7. The number of nitrogens with zero attached hydrogens (tertiary/aromatic N) is 3. The standard InChI is InChI=1S/C14H25N3O3/c1-3-10-20-14(18)13-12-17(16-15-13)9-7-5-4-6-8-11-19-2/h12H,3-11H2,1-2H3. The maximum atomic E-state index is 11.5. The third-order valence-corrected chi connectivity index (χ3v) is 2.92. The minimum atomic E-state index is -0.391. The molecule has 0 aliphatic heterocycles. The highest BCUT2D eigenvalue weighted by Gasteiger charge is 2.11. The van der Waals surface area contributed by atoms with Crippen molar-refractivity contribution in [2.75, 3.05) is 20.3 Å². The number of carbonyl (C=O) groups is 1. The first-order chi connectivity index (χ1) is 9.77. The average molecular weight is 283 g/mol. The zero-order chi connectivity index (χ0) is 14.6. The molecule has 0 saturated heterocycles. The van der Waals surface area contributed by atoms with E-state index < -0.39 is 5.97 Å². The second-order valence-electron chi connectivity index (χ2n) is 4.76. The van der Waals surface area contributed by atoms with Crippen LogP contribution in [0.25, 0.3) is 0 Å². The van der Waals surface area contributed by atoms with E-state index in [1.54, 1.807) is 18.0 Å². The van der Waals surface area contributed by atoms with Gasteiger partial charge in [0.2, 0.25) is 0 Å². The van der Waals surface area contributed by atoms with Gasteiger partial charge in [0.15, 0.2) is 5.69 Å². The van der Waals surface area contributed by atoms with Crippen LogP contribution in [0.3, 0.4) is 0 Å². The summed E-state index contributed by atoms with van der Waals surface area (Å²) < 4.78 is 11.7. The quantitative estimate of drug-likeness (QED) is 0.461. The lowest BCUT2D eigenvalue weighted by atomic mass is 10.1. The van der Waals surface area contributed by atoms with E-state index >= 15 is 0 Å². The minimum Gasteiger partial charge on any atom is -0.461 e. The summed E-state index contributed by atoms with van der Waals surface area (Å²) in [5, 5.41) is 7.77. The predicted molar refractivity (Wildman–Crippen MR) is 75.6 cm³/mol. The van der Waals surface area contributed by atoms with E-state index in [2.05, 4.69) is 10.3 Å². The van der Waals surface area contributed by atoms with Gasteiger partial charge in [-0.3, -0.25) is 4.68 Å². The topological polar surface area (TPSA) is 66.2 Å². The fourth-order valence-electron chi connectivity index (χ4n) is 1.82. The van der Waals surface area contributed by atoms with Crippen LogP contribution in [0.5, 0.6) is 0 Å². The van der Waals surface area contributed by atoms with E-state index in [1.807, 2.05) is 6.92 Å². The minimum absolute atomic E-state index is 0.290. The molecule has 0 aromatic carbocycles. The van der Waals surface area contributed by atoms with E-state index in [0.717, 1.165) is 38.8 Å². The van der Waals surface area contributed by atoms with Crippen molar-refractivity contribution in [2.24, 2.45) is 0 Å². The van der Waals surface area contributed by atoms with Gasteiger partial charge in [0.1, 0.15) is 0 Å². The Bertz CT molecular complexity index is 379. The third kappa shape index (κ3) is 6.65. The summed E-state index contributed by atoms with van der Waals surface area (Å²) in [4.78, 5) is 11.5. The van der Waals surface area contributed by atoms with Crippen LogP contribution >= 0.6 is 0 Å². The first-order valence-electron chi connectivity index (χ1n) is 7.34. The molecular formula is C14H25N3O3. The number of carbonyl (C=O) groups excluding carboxylic acids is 1. The second kappa shape index (κ2) is 10.4. The summed E-state index contributed by atoms with van der Waals surface area (Å²) in [7, 11) is 1.73. The van der Waals surface area contributed by atoms with Crippen molar-refractivity contribution < 1.29 is 14.3 Å². The third-order valence-electron chi connectivity index (χ3n) is 2.92. The Morgan fingerprint density at radius 3 is 2.70 bits per heavy atom. The molecule has 0 unspecified atom stereocenters.